The number of nitrogens with zero attached hydrogens (tertiary/aromatic N) is 1. The van der Waals surface area contributed by atoms with Gasteiger partial charge >= 0.3 is 0 Å². The van der Waals surface area contributed by atoms with Gasteiger partial charge in [0.1, 0.15) is 0 Å². The highest BCUT2D eigenvalue weighted by Gasteiger charge is 2.26. The molecule has 0 atom stereocenters. The van der Waals surface area contributed by atoms with Crippen LogP contribution < -0.4 is 14.8 Å². The van der Waals surface area contributed by atoms with Crippen LogP contribution in [-0.2, 0) is 4.79 Å². The quantitative estimate of drug-likeness (QED) is 0.715. The Morgan fingerprint density at radius 1 is 1.22 bits per heavy atom. The van der Waals surface area contributed by atoms with Gasteiger partial charge in [-0.15, -0.1) is 11.3 Å². The van der Waals surface area contributed by atoms with Crippen molar-refractivity contribution in [2.24, 2.45) is 11.8 Å². The number of aromatic nitrogens is 1. The van der Waals surface area contributed by atoms with Crippen molar-refractivity contribution >= 4 is 22.4 Å². The Hall–Kier alpha value is -2.08. The molecule has 1 aromatic carbocycles. The van der Waals surface area contributed by atoms with Crippen LogP contribution in [0.3, 0.4) is 0 Å². The largest absolute Gasteiger partial charge is 0.454 e. The second kappa shape index (κ2) is 8.30. The van der Waals surface area contributed by atoms with E-state index in [1.54, 1.807) is 0 Å². The van der Waals surface area contributed by atoms with E-state index >= 15 is 0 Å². The topological polar surface area (TPSA) is 60.5 Å². The number of amides is 1. The molecule has 1 aliphatic carbocycles. The number of nitrogens with one attached hydrogen (secondary N) is 1. The van der Waals surface area contributed by atoms with Crippen molar-refractivity contribution in [1.29, 1.82) is 0 Å². The van der Waals surface area contributed by atoms with E-state index in [0.717, 1.165) is 41.5 Å². The number of benzene rings is 1. The Morgan fingerprint density at radius 2 is 2.04 bits per heavy atom. The van der Waals surface area contributed by atoms with Gasteiger partial charge in [0, 0.05) is 16.9 Å². The summed E-state index contributed by atoms with van der Waals surface area (Å²) in [6, 6.07) is 5.79. The predicted octanol–water partition coefficient (Wildman–Crippen LogP) is 5.47. The zero-order chi connectivity index (χ0) is 18.6. The molecule has 0 radical (unpaired) electrons. The van der Waals surface area contributed by atoms with Crippen LogP contribution in [0.2, 0.25) is 0 Å². The van der Waals surface area contributed by atoms with E-state index in [1.807, 2.05) is 23.6 Å². The first-order chi connectivity index (χ1) is 13.2. The lowest BCUT2D eigenvalue weighted by Crippen LogP contribution is -2.27. The Labute approximate surface area is 164 Å². The van der Waals surface area contributed by atoms with E-state index < -0.39 is 0 Å². The number of anilines is 1. The summed E-state index contributed by atoms with van der Waals surface area (Å²) in [4.78, 5) is 17.2. The summed E-state index contributed by atoms with van der Waals surface area (Å²) >= 11 is 1.47. The second-order valence-corrected chi connectivity index (χ2v) is 8.31. The van der Waals surface area contributed by atoms with Crippen molar-refractivity contribution in [1.82, 2.24) is 4.98 Å². The first-order valence-electron chi connectivity index (χ1n) is 9.89. The molecule has 144 valence electrons. The number of carbonyl (C=O) groups excluding carboxylic acids is 1. The number of rotatable bonds is 6. The van der Waals surface area contributed by atoms with Gasteiger partial charge in [0.05, 0.1) is 5.69 Å². The lowest BCUT2D eigenvalue weighted by Gasteiger charge is -2.27. The average Bonchev–Trinajstić information content (AvgIpc) is 3.35. The Balaban J connectivity index is 1.33. The van der Waals surface area contributed by atoms with Gasteiger partial charge in [-0.3, -0.25) is 4.79 Å². The van der Waals surface area contributed by atoms with Crippen LogP contribution >= 0.6 is 11.3 Å². The number of fused-ring (bicyclic) bond motifs is 1. The monoisotopic (exact) mass is 386 g/mol. The Morgan fingerprint density at radius 3 is 2.85 bits per heavy atom. The third-order valence-electron chi connectivity index (χ3n) is 5.59. The van der Waals surface area contributed by atoms with Crippen LogP contribution in [0.5, 0.6) is 11.5 Å². The molecule has 0 saturated heterocycles. The van der Waals surface area contributed by atoms with Crippen molar-refractivity contribution in [3.63, 3.8) is 0 Å². The van der Waals surface area contributed by atoms with Crippen LogP contribution in [-0.4, -0.2) is 17.7 Å². The fourth-order valence-corrected chi connectivity index (χ4v) is 4.66. The van der Waals surface area contributed by atoms with Gasteiger partial charge < -0.3 is 14.8 Å². The minimum Gasteiger partial charge on any atom is -0.454 e. The fraction of sp³-hybridized carbons (Fsp3) is 0.524. The first-order valence-corrected chi connectivity index (χ1v) is 10.8. The maximum absolute atomic E-state index is 12.6. The van der Waals surface area contributed by atoms with Crippen LogP contribution in [0.1, 0.15) is 51.9 Å². The number of unbranched alkanes of at least 4 members (excludes halogenated alkanes) is 1. The summed E-state index contributed by atoms with van der Waals surface area (Å²) in [5, 5.41) is 5.66. The normalized spacial score (nSPS) is 21.2. The Bertz CT molecular complexity index is 796. The molecular formula is C21H26N2O3S. The maximum Gasteiger partial charge on any atom is 0.231 e. The molecule has 6 heteroatoms. The van der Waals surface area contributed by atoms with Crippen LogP contribution in [0.4, 0.5) is 5.13 Å². The van der Waals surface area contributed by atoms with Gasteiger partial charge in [0.25, 0.3) is 0 Å². The molecule has 27 heavy (non-hydrogen) atoms. The van der Waals surface area contributed by atoms with Crippen LogP contribution in [0.25, 0.3) is 11.3 Å². The van der Waals surface area contributed by atoms with E-state index in [0.29, 0.717) is 5.13 Å². The molecule has 0 bridgehead atoms. The molecule has 1 amide bonds. The molecule has 1 N–H and O–H groups in total. The minimum absolute atomic E-state index is 0.121. The molecule has 0 spiro atoms. The van der Waals surface area contributed by atoms with Crippen molar-refractivity contribution < 1.29 is 14.3 Å². The number of thiazole rings is 1. The summed E-state index contributed by atoms with van der Waals surface area (Å²) in [7, 11) is 0. The smallest absolute Gasteiger partial charge is 0.231 e. The molecule has 2 aliphatic rings. The molecule has 2 aromatic rings. The highest BCUT2D eigenvalue weighted by molar-refractivity contribution is 7.14. The van der Waals surface area contributed by atoms with Crippen molar-refractivity contribution in [3.8, 4) is 22.8 Å². The van der Waals surface area contributed by atoms with Gasteiger partial charge in [0.15, 0.2) is 16.6 Å². The molecule has 1 aromatic heterocycles. The predicted molar refractivity (Wildman–Crippen MR) is 107 cm³/mol. The van der Waals surface area contributed by atoms with Gasteiger partial charge in [-0.1, -0.05) is 26.2 Å². The molecule has 1 saturated carbocycles. The lowest BCUT2D eigenvalue weighted by molar-refractivity contribution is -0.121. The molecule has 0 unspecified atom stereocenters. The van der Waals surface area contributed by atoms with E-state index in [1.165, 1.54) is 43.4 Å². The van der Waals surface area contributed by atoms with Gasteiger partial charge in [-0.05, 0) is 49.8 Å². The van der Waals surface area contributed by atoms with Crippen molar-refractivity contribution in [2.75, 3.05) is 12.1 Å². The van der Waals surface area contributed by atoms with Crippen molar-refractivity contribution in [2.45, 2.75) is 51.9 Å². The summed E-state index contributed by atoms with van der Waals surface area (Å²) in [6.07, 6.45) is 8.24. The fourth-order valence-electron chi connectivity index (χ4n) is 3.93. The molecule has 4 rings (SSSR count). The zero-order valence-corrected chi connectivity index (χ0v) is 16.5. The zero-order valence-electron chi connectivity index (χ0n) is 15.7. The van der Waals surface area contributed by atoms with Crippen molar-refractivity contribution in [3.05, 3.63) is 23.6 Å². The van der Waals surface area contributed by atoms with E-state index in [-0.39, 0.29) is 18.6 Å². The molecule has 2 heterocycles. The summed E-state index contributed by atoms with van der Waals surface area (Å²) in [6.45, 7) is 2.50. The number of carbonyl (C=O) groups is 1. The Kier molecular flexibility index (Phi) is 5.62. The van der Waals surface area contributed by atoms with Gasteiger partial charge in [0.2, 0.25) is 12.7 Å². The molecule has 1 aliphatic heterocycles. The van der Waals surface area contributed by atoms with Crippen LogP contribution in [0, 0.1) is 11.8 Å². The standard InChI is InChI=1S/C21H26N2O3S/c1-2-3-4-14-5-7-15(8-6-14)20(24)23-21-22-17(12-27-21)16-9-10-18-19(11-16)26-13-25-18/h9-12,14-15H,2-8,13H2,1H3,(H,22,23,24). The van der Waals surface area contributed by atoms with Crippen LogP contribution in [0.15, 0.2) is 23.6 Å². The third-order valence-corrected chi connectivity index (χ3v) is 6.34. The molecule has 5 nitrogen and oxygen atoms in total. The number of hydrogen-bond donors (Lipinski definition) is 1. The molecular weight excluding hydrogens is 360 g/mol. The summed E-state index contributed by atoms with van der Waals surface area (Å²) in [5.74, 6) is 2.56. The third kappa shape index (κ3) is 4.26. The average molecular weight is 387 g/mol. The minimum atomic E-state index is 0.121. The van der Waals surface area contributed by atoms with Gasteiger partial charge in [-0.25, -0.2) is 4.98 Å². The number of ether oxygens (including phenoxy) is 2. The van der Waals surface area contributed by atoms with E-state index in [2.05, 4.69) is 17.2 Å². The maximum atomic E-state index is 12.6. The van der Waals surface area contributed by atoms with E-state index in [9.17, 15) is 4.79 Å². The number of hydrogen-bond acceptors (Lipinski definition) is 5. The first kappa shape index (κ1) is 18.3. The highest BCUT2D eigenvalue weighted by atomic mass is 32.1. The second-order valence-electron chi connectivity index (χ2n) is 7.46. The summed E-state index contributed by atoms with van der Waals surface area (Å²) in [5.41, 5.74) is 1.81. The molecule has 1 fully saturated rings. The lowest BCUT2D eigenvalue weighted by atomic mass is 9.79. The SMILES string of the molecule is CCCCC1CCC(C(=O)Nc2nc(-c3ccc4c(c3)OCO4)cs2)CC1. The highest BCUT2D eigenvalue weighted by Crippen LogP contribution is 2.37. The van der Waals surface area contributed by atoms with Gasteiger partial charge in [-0.2, -0.15) is 0 Å². The van der Waals surface area contributed by atoms with E-state index in [4.69, 9.17) is 9.47 Å². The summed E-state index contributed by atoms with van der Waals surface area (Å²) < 4.78 is 10.8.